The predicted molar refractivity (Wildman–Crippen MR) is 101 cm³/mol. The Bertz CT molecular complexity index is 653. The number of hydrogen-bond donors (Lipinski definition) is 1. The van der Waals surface area contributed by atoms with E-state index in [9.17, 15) is 9.59 Å². The quantitative estimate of drug-likeness (QED) is 0.593. The number of anilines is 1. The summed E-state index contributed by atoms with van der Waals surface area (Å²) in [5.41, 5.74) is 0.443. The first-order valence-electron chi connectivity index (χ1n) is 8.65. The molecule has 1 saturated carbocycles. The van der Waals surface area contributed by atoms with Crippen molar-refractivity contribution in [1.29, 1.82) is 0 Å². The second kappa shape index (κ2) is 10.6. The van der Waals surface area contributed by atoms with Gasteiger partial charge in [-0.2, -0.15) is 0 Å². The Morgan fingerprint density at radius 3 is 2.77 bits per heavy atom. The van der Waals surface area contributed by atoms with Crippen LogP contribution in [0.3, 0.4) is 0 Å². The summed E-state index contributed by atoms with van der Waals surface area (Å²) in [5.74, 6) is 2.90. The molecule has 1 N–H and O–H groups in total. The summed E-state index contributed by atoms with van der Waals surface area (Å²) in [6.07, 6.45) is 9.29. The third-order valence-electron chi connectivity index (χ3n) is 4.15. The van der Waals surface area contributed by atoms with Gasteiger partial charge in [0.2, 0.25) is 0 Å². The van der Waals surface area contributed by atoms with Gasteiger partial charge >= 0.3 is 12.2 Å². The molecule has 0 atom stereocenters. The first kappa shape index (κ1) is 19.9. The lowest BCUT2D eigenvalue weighted by atomic mass is 9.94. The van der Waals surface area contributed by atoms with Gasteiger partial charge in [-0.1, -0.05) is 31.2 Å². The molecule has 140 valence electrons. The van der Waals surface area contributed by atoms with Gasteiger partial charge in [0.15, 0.2) is 6.61 Å². The van der Waals surface area contributed by atoms with E-state index in [2.05, 4.69) is 11.2 Å². The molecule has 0 aromatic heterocycles. The van der Waals surface area contributed by atoms with Crippen molar-refractivity contribution in [3.05, 3.63) is 24.3 Å². The molecule has 1 fully saturated rings. The van der Waals surface area contributed by atoms with Gasteiger partial charge in [-0.3, -0.25) is 5.32 Å². The molecule has 0 aliphatic heterocycles. The number of amides is 2. The van der Waals surface area contributed by atoms with Crippen LogP contribution < -0.4 is 10.1 Å². The molecule has 1 aromatic rings. The zero-order valence-corrected chi connectivity index (χ0v) is 15.3. The van der Waals surface area contributed by atoms with Crippen LogP contribution in [-0.4, -0.2) is 42.2 Å². The van der Waals surface area contributed by atoms with E-state index in [4.69, 9.17) is 27.5 Å². The SMILES string of the molecule is C#CCOC(=O)Nc1cccc(OC(=O)N(CCCl)C2CCCCC2)c1. The fraction of sp³-hybridized carbons (Fsp3) is 0.474. The van der Waals surface area contributed by atoms with Crippen molar-refractivity contribution in [2.45, 2.75) is 38.1 Å². The van der Waals surface area contributed by atoms with E-state index >= 15 is 0 Å². The standard InChI is InChI=1S/C19H23ClN2O4/c1-2-13-25-18(23)21-15-7-6-10-17(14-15)26-19(24)22(12-11-20)16-8-4-3-5-9-16/h1,6-7,10,14,16H,3-5,8-9,11-13H2,(H,21,23). The average molecular weight is 379 g/mol. The minimum Gasteiger partial charge on any atom is -0.436 e. The van der Waals surface area contributed by atoms with E-state index < -0.39 is 12.2 Å². The molecule has 1 aliphatic rings. The molecule has 0 radical (unpaired) electrons. The Hall–Kier alpha value is -2.39. The van der Waals surface area contributed by atoms with Crippen LogP contribution in [0.1, 0.15) is 32.1 Å². The highest BCUT2D eigenvalue weighted by Crippen LogP contribution is 2.24. The number of carbonyl (C=O) groups excluding carboxylic acids is 2. The van der Waals surface area contributed by atoms with E-state index in [-0.39, 0.29) is 12.6 Å². The second-order valence-corrected chi connectivity index (χ2v) is 6.35. The fourth-order valence-electron chi connectivity index (χ4n) is 2.96. The molecule has 7 heteroatoms. The highest BCUT2D eigenvalue weighted by Gasteiger charge is 2.26. The maximum Gasteiger partial charge on any atom is 0.415 e. The number of nitrogens with zero attached hydrogens (tertiary/aromatic N) is 1. The van der Waals surface area contributed by atoms with Crippen molar-refractivity contribution >= 4 is 29.5 Å². The van der Waals surface area contributed by atoms with Crippen LogP contribution >= 0.6 is 11.6 Å². The van der Waals surface area contributed by atoms with E-state index in [0.29, 0.717) is 23.9 Å². The molecule has 6 nitrogen and oxygen atoms in total. The molecule has 0 bridgehead atoms. The molecule has 0 saturated heterocycles. The lowest BCUT2D eigenvalue weighted by Crippen LogP contribution is -2.44. The molecule has 0 heterocycles. The number of nitrogens with one attached hydrogen (secondary N) is 1. The van der Waals surface area contributed by atoms with Crippen LogP contribution in [0.25, 0.3) is 0 Å². The lowest BCUT2D eigenvalue weighted by molar-refractivity contribution is 0.121. The fourth-order valence-corrected chi connectivity index (χ4v) is 3.15. The molecular formula is C19H23ClN2O4. The van der Waals surface area contributed by atoms with Gasteiger partial charge < -0.3 is 14.4 Å². The van der Waals surface area contributed by atoms with Crippen molar-refractivity contribution in [3.8, 4) is 18.1 Å². The largest absolute Gasteiger partial charge is 0.436 e. The van der Waals surface area contributed by atoms with E-state index in [0.717, 1.165) is 25.7 Å². The first-order chi connectivity index (χ1) is 12.6. The molecule has 26 heavy (non-hydrogen) atoms. The maximum atomic E-state index is 12.6. The van der Waals surface area contributed by atoms with Gasteiger partial charge in [-0.25, -0.2) is 9.59 Å². The van der Waals surface area contributed by atoms with E-state index in [1.165, 1.54) is 6.42 Å². The summed E-state index contributed by atoms with van der Waals surface area (Å²) in [4.78, 5) is 25.8. The number of ether oxygens (including phenoxy) is 2. The lowest BCUT2D eigenvalue weighted by Gasteiger charge is -2.33. The van der Waals surface area contributed by atoms with Crippen molar-refractivity contribution in [2.24, 2.45) is 0 Å². The minimum atomic E-state index is -0.669. The molecule has 2 rings (SSSR count). The molecule has 2 amide bonds. The van der Waals surface area contributed by atoms with Crippen LogP contribution in [0.2, 0.25) is 0 Å². The van der Waals surface area contributed by atoms with Crippen molar-refractivity contribution in [1.82, 2.24) is 4.90 Å². The zero-order valence-electron chi connectivity index (χ0n) is 14.6. The Morgan fingerprint density at radius 1 is 1.31 bits per heavy atom. The van der Waals surface area contributed by atoms with Crippen LogP contribution in [0.15, 0.2) is 24.3 Å². The van der Waals surface area contributed by atoms with Gasteiger partial charge in [0.1, 0.15) is 5.75 Å². The summed E-state index contributed by atoms with van der Waals surface area (Å²) in [5, 5.41) is 2.53. The van der Waals surface area contributed by atoms with Gasteiger partial charge in [0, 0.05) is 30.2 Å². The Balaban J connectivity index is 1.99. The number of carbonyl (C=O) groups is 2. The summed E-state index contributed by atoms with van der Waals surface area (Å²) in [7, 11) is 0. The van der Waals surface area contributed by atoms with Gasteiger partial charge in [-0.15, -0.1) is 18.0 Å². The second-order valence-electron chi connectivity index (χ2n) is 5.98. The molecule has 1 aliphatic carbocycles. The van der Waals surface area contributed by atoms with E-state index in [1.807, 2.05) is 0 Å². The summed E-state index contributed by atoms with van der Waals surface area (Å²) < 4.78 is 10.2. The van der Waals surface area contributed by atoms with Crippen LogP contribution in [0.4, 0.5) is 15.3 Å². The molecular weight excluding hydrogens is 356 g/mol. The Kier molecular flexibility index (Phi) is 8.10. The van der Waals surface area contributed by atoms with E-state index in [1.54, 1.807) is 29.2 Å². The zero-order chi connectivity index (χ0) is 18.8. The summed E-state index contributed by atoms with van der Waals surface area (Å²) in [6, 6.07) is 6.69. The normalized spacial score (nSPS) is 14.2. The van der Waals surface area contributed by atoms with Crippen LogP contribution in [-0.2, 0) is 4.74 Å². The number of terminal acetylenes is 1. The molecule has 1 aromatic carbocycles. The number of rotatable bonds is 6. The predicted octanol–water partition coefficient (Wildman–Crippen LogP) is 4.24. The monoisotopic (exact) mass is 378 g/mol. The average Bonchev–Trinajstić information content (AvgIpc) is 2.65. The number of halogens is 1. The number of hydrogen-bond acceptors (Lipinski definition) is 4. The highest BCUT2D eigenvalue weighted by atomic mass is 35.5. The smallest absolute Gasteiger partial charge is 0.415 e. The number of alkyl halides is 1. The number of benzene rings is 1. The summed E-state index contributed by atoms with van der Waals surface area (Å²) in [6.45, 7) is 0.330. The summed E-state index contributed by atoms with van der Waals surface area (Å²) >= 11 is 5.86. The van der Waals surface area contributed by atoms with Gasteiger partial charge in [-0.05, 0) is 25.0 Å². The van der Waals surface area contributed by atoms with Crippen molar-refractivity contribution in [2.75, 3.05) is 24.3 Å². The van der Waals surface area contributed by atoms with Crippen molar-refractivity contribution in [3.63, 3.8) is 0 Å². The van der Waals surface area contributed by atoms with Gasteiger partial charge in [0.05, 0.1) is 0 Å². The van der Waals surface area contributed by atoms with Crippen LogP contribution in [0.5, 0.6) is 5.75 Å². The highest BCUT2D eigenvalue weighted by molar-refractivity contribution is 6.18. The third kappa shape index (κ3) is 6.16. The molecule has 0 spiro atoms. The Labute approximate surface area is 158 Å². The minimum absolute atomic E-state index is 0.116. The van der Waals surface area contributed by atoms with Gasteiger partial charge in [0.25, 0.3) is 0 Å². The van der Waals surface area contributed by atoms with Crippen molar-refractivity contribution < 1.29 is 19.1 Å². The van der Waals surface area contributed by atoms with Crippen LogP contribution in [0, 0.1) is 12.3 Å². The Morgan fingerprint density at radius 2 is 2.08 bits per heavy atom. The topological polar surface area (TPSA) is 67.9 Å². The third-order valence-corrected chi connectivity index (χ3v) is 4.32. The first-order valence-corrected chi connectivity index (χ1v) is 9.19. The molecule has 0 unspecified atom stereocenters. The maximum absolute atomic E-state index is 12.6.